The summed E-state index contributed by atoms with van der Waals surface area (Å²) < 4.78 is 0. The average molecular weight is 329 g/mol. The van der Waals surface area contributed by atoms with Crippen molar-refractivity contribution in [1.82, 2.24) is 15.2 Å². The lowest BCUT2D eigenvalue weighted by Crippen LogP contribution is -2.43. The summed E-state index contributed by atoms with van der Waals surface area (Å²) in [6.45, 7) is 2.09. The lowest BCUT2D eigenvalue weighted by Gasteiger charge is -2.29. The second-order valence-electron chi connectivity index (χ2n) is 6.16. The first-order valence-electron chi connectivity index (χ1n) is 8.18. The fraction of sp³-hybridized carbons (Fsp3) is 0.444. The summed E-state index contributed by atoms with van der Waals surface area (Å²) in [5.41, 5.74) is 1.87. The van der Waals surface area contributed by atoms with E-state index in [0.717, 1.165) is 43.8 Å². The Morgan fingerprint density at radius 1 is 1.26 bits per heavy atom. The van der Waals surface area contributed by atoms with E-state index in [4.69, 9.17) is 0 Å². The monoisotopic (exact) mass is 329 g/mol. The molecule has 1 amide bonds. The standard InChI is InChI=1S/C18H23N3OS/c1-21-11-9-15(10-12-21)19-18(22)16-13-23-17(20-16)8-7-14-5-3-2-4-6-14/h2-6,13,15H,7-12H2,1H3,(H,19,22). The van der Waals surface area contributed by atoms with Crippen LogP contribution in [0.15, 0.2) is 35.7 Å². The molecule has 0 aliphatic carbocycles. The molecule has 0 spiro atoms. The van der Waals surface area contributed by atoms with E-state index in [1.807, 2.05) is 11.4 Å². The number of rotatable bonds is 5. The molecule has 0 saturated carbocycles. The molecule has 0 bridgehead atoms. The lowest BCUT2D eigenvalue weighted by atomic mass is 10.1. The van der Waals surface area contributed by atoms with Crippen LogP contribution >= 0.6 is 11.3 Å². The molecular weight excluding hydrogens is 306 g/mol. The molecule has 23 heavy (non-hydrogen) atoms. The number of hydrogen-bond acceptors (Lipinski definition) is 4. The Balaban J connectivity index is 1.51. The number of aromatic nitrogens is 1. The average Bonchev–Trinajstić information content (AvgIpc) is 3.05. The minimum Gasteiger partial charge on any atom is -0.348 e. The predicted octanol–water partition coefficient (Wildman–Crippen LogP) is 2.75. The van der Waals surface area contributed by atoms with Crippen LogP contribution in [0.5, 0.6) is 0 Å². The molecule has 3 rings (SSSR count). The normalized spacial score (nSPS) is 16.4. The van der Waals surface area contributed by atoms with Gasteiger partial charge in [-0.15, -0.1) is 11.3 Å². The number of hydrogen-bond donors (Lipinski definition) is 1. The third-order valence-electron chi connectivity index (χ3n) is 4.31. The Kier molecular flexibility index (Phi) is 5.41. The summed E-state index contributed by atoms with van der Waals surface area (Å²) in [7, 11) is 2.12. The van der Waals surface area contributed by atoms with Gasteiger partial charge in [0.2, 0.25) is 0 Å². The predicted molar refractivity (Wildman–Crippen MR) is 93.9 cm³/mol. The Hall–Kier alpha value is -1.72. The van der Waals surface area contributed by atoms with Crippen LogP contribution in [0.25, 0.3) is 0 Å². The molecule has 0 unspecified atom stereocenters. The maximum Gasteiger partial charge on any atom is 0.270 e. The summed E-state index contributed by atoms with van der Waals surface area (Å²) >= 11 is 1.58. The van der Waals surface area contributed by atoms with Gasteiger partial charge in [-0.25, -0.2) is 4.98 Å². The number of carbonyl (C=O) groups excluding carboxylic acids is 1. The van der Waals surface area contributed by atoms with Crippen LogP contribution in [0, 0.1) is 0 Å². The van der Waals surface area contributed by atoms with E-state index in [-0.39, 0.29) is 11.9 Å². The molecule has 2 aromatic rings. The highest BCUT2D eigenvalue weighted by Gasteiger charge is 2.20. The molecule has 1 aromatic heterocycles. The first-order valence-corrected chi connectivity index (χ1v) is 9.06. The highest BCUT2D eigenvalue weighted by Crippen LogP contribution is 2.14. The van der Waals surface area contributed by atoms with Crippen molar-refractivity contribution in [3.05, 3.63) is 52.0 Å². The largest absolute Gasteiger partial charge is 0.348 e. The SMILES string of the molecule is CN1CCC(NC(=O)c2csc(CCc3ccccc3)n2)CC1. The highest BCUT2D eigenvalue weighted by atomic mass is 32.1. The Morgan fingerprint density at radius 2 is 2.00 bits per heavy atom. The minimum absolute atomic E-state index is 0.0261. The quantitative estimate of drug-likeness (QED) is 0.917. The molecule has 122 valence electrons. The van der Waals surface area contributed by atoms with Gasteiger partial charge in [-0.05, 0) is 45.0 Å². The molecule has 5 heteroatoms. The maximum absolute atomic E-state index is 12.3. The Bertz CT molecular complexity index is 633. The van der Waals surface area contributed by atoms with Crippen molar-refractivity contribution in [2.45, 2.75) is 31.7 Å². The van der Waals surface area contributed by atoms with Crippen LogP contribution in [0.3, 0.4) is 0 Å². The first kappa shape index (κ1) is 16.1. The van der Waals surface area contributed by atoms with E-state index in [1.165, 1.54) is 5.56 Å². The van der Waals surface area contributed by atoms with Gasteiger partial charge in [-0.1, -0.05) is 30.3 Å². The van der Waals surface area contributed by atoms with Crippen molar-refractivity contribution in [3.8, 4) is 0 Å². The van der Waals surface area contributed by atoms with E-state index in [0.29, 0.717) is 5.69 Å². The number of benzene rings is 1. The van der Waals surface area contributed by atoms with Gasteiger partial charge >= 0.3 is 0 Å². The van der Waals surface area contributed by atoms with Crippen molar-refractivity contribution in [1.29, 1.82) is 0 Å². The fourth-order valence-corrected chi connectivity index (χ4v) is 3.62. The molecule has 1 fully saturated rings. The van der Waals surface area contributed by atoms with Crippen LogP contribution in [0.4, 0.5) is 0 Å². The van der Waals surface area contributed by atoms with Crippen LogP contribution in [0.1, 0.15) is 33.9 Å². The van der Waals surface area contributed by atoms with Gasteiger partial charge in [0.25, 0.3) is 5.91 Å². The van der Waals surface area contributed by atoms with E-state index >= 15 is 0 Å². The summed E-state index contributed by atoms with van der Waals surface area (Å²) in [6, 6.07) is 10.7. The van der Waals surface area contributed by atoms with Crippen molar-refractivity contribution in [3.63, 3.8) is 0 Å². The van der Waals surface area contributed by atoms with Crippen molar-refractivity contribution in [2.24, 2.45) is 0 Å². The van der Waals surface area contributed by atoms with Gasteiger partial charge in [0.15, 0.2) is 0 Å². The third-order valence-corrected chi connectivity index (χ3v) is 5.22. The number of piperidine rings is 1. The van der Waals surface area contributed by atoms with Gasteiger partial charge < -0.3 is 10.2 Å². The molecule has 0 radical (unpaired) electrons. The van der Waals surface area contributed by atoms with Crippen molar-refractivity contribution >= 4 is 17.2 Å². The smallest absolute Gasteiger partial charge is 0.270 e. The van der Waals surface area contributed by atoms with Crippen LogP contribution in [-0.2, 0) is 12.8 Å². The number of aryl methyl sites for hydroxylation is 2. The van der Waals surface area contributed by atoms with Crippen molar-refractivity contribution in [2.75, 3.05) is 20.1 Å². The van der Waals surface area contributed by atoms with Crippen LogP contribution in [-0.4, -0.2) is 42.0 Å². The van der Waals surface area contributed by atoms with Crippen LogP contribution in [0.2, 0.25) is 0 Å². The number of carbonyl (C=O) groups is 1. The van der Waals surface area contributed by atoms with Gasteiger partial charge in [-0.3, -0.25) is 4.79 Å². The number of amides is 1. The summed E-state index contributed by atoms with van der Waals surface area (Å²) in [4.78, 5) is 19.1. The number of nitrogens with zero attached hydrogens (tertiary/aromatic N) is 2. The highest BCUT2D eigenvalue weighted by molar-refractivity contribution is 7.09. The topological polar surface area (TPSA) is 45.2 Å². The molecule has 1 saturated heterocycles. The molecule has 0 atom stereocenters. The molecule has 1 aliphatic heterocycles. The summed E-state index contributed by atoms with van der Waals surface area (Å²) in [5.74, 6) is -0.0261. The first-order chi connectivity index (χ1) is 11.2. The molecule has 2 heterocycles. The summed E-state index contributed by atoms with van der Waals surface area (Å²) in [6.07, 6.45) is 3.89. The molecule has 4 nitrogen and oxygen atoms in total. The second kappa shape index (κ2) is 7.70. The van der Waals surface area contributed by atoms with Crippen LogP contribution < -0.4 is 5.32 Å². The van der Waals surface area contributed by atoms with E-state index < -0.39 is 0 Å². The third kappa shape index (κ3) is 4.62. The number of likely N-dealkylation sites (tertiary alicyclic amines) is 1. The second-order valence-corrected chi connectivity index (χ2v) is 7.11. The Morgan fingerprint density at radius 3 is 2.74 bits per heavy atom. The van der Waals surface area contributed by atoms with Gasteiger partial charge in [0, 0.05) is 17.8 Å². The zero-order valence-corrected chi connectivity index (χ0v) is 14.3. The van der Waals surface area contributed by atoms with E-state index in [9.17, 15) is 4.79 Å². The van der Waals surface area contributed by atoms with Gasteiger partial charge in [0.1, 0.15) is 5.69 Å². The van der Waals surface area contributed by atoms with Gasteiger partial charge in [-0.2, -0.15) is 0 Å². The van der Waals surface area contributed by atoms with Gasteiger partial charge in [0.05, 0.1) is 5.01 Å². The number of nitrogens with one attached hydrogen (secondary N) is 1. The molecular formula is C18H23N3OS. The minimum atomic E-state index is -0.0261. The molecule has 1 N–H and O–H groups in total. The van der Waals surface area contributed by atoms with E-state index in [2.05, 4.69) is 46.5 Å². The maximum atomic E-state index is 12.3. The summed E-state index contributed by atoms with van der Waals surface area (Å²) in [5, 5.41) is 6.03. The molecule has 1 aliphatic rings. The lowest BCUT2D eigenvalue weighted by molar-refractivity contribution is 0.0912. The Labute approximate surface area is 141 Å². The zero-order chi connectivity index (χ0) is 16.1. The van der Waals surface area contributed by atoms with Crippen molar-refractivity contribution < 1.29 is 4.79 Å². The molecule has 1 aromatic carbocycles. The fourth-order valence-electron chi connectivity index (χ4n) is 2.84. The van der Waals surface area contributed by atoms with E-state index in [1.54, 1.807) is 11.3 Å². The zero-order valence-electron chi connectivity index (χ0n) is 13.5. The number of thiazole rings is 1.